The first-order chi connectivity index (χ1) is 7.49. The van der Waals surface area contributed by atoms with Gasteiger partial charge in [0.2, 0.25) is 5.91 Å². The second kappa shape index (κ2) is 7.19. The topological polar surface area (TPSA) is 75.4 Å². The van der Waals surface area contributed by atoms with Crippen LogP contribution in [0.2, 0.25) is 0 Å². The summed E-state index contributed by atoms with van der Waals surface area (Å²) in [4.78, 5) is 11.6. The minimum atomic E-state index is -0.297. The summed E-state index contributed by atoms with van der Waals surface area (Å²) in [6.45, 7) is 4.78. The van der Waals surface area contributed by atoms with Crippen molar-refractivity contribution in [1.82, 2.24) is 5.32 Å². The van der Waals surface area contributed by atoms with Crippen molar-refractivity contribution in [3.8, 4) is 0 Å². The van der Waals surface area contributed by atoms with Crippen molar-refractivity contribution in [2.45, 2.75) is 45.6 Å². The molecule has 0 spiro atoms. The third-order valence-electron chi connectivity index (χ3n) is 3.75. The molecule has 4 nitrogen and oxygen atoms in total. The molecule has 4 N–H and O–H groups in total. The number of nitrogens with one attached hydrogen (secondary N) is 1. The van der Waals surface area contributed by atoms with Gasteiger partial charge in [0.15, 0.2) is 0 Å². The van der Waals surface area contributed by atoms with Gasteiger partial charge in [0.25, 0.3) is 0 Å². The van der Waals surface area contributed by atoms with Crippen LogP contribution in [0.4, 0.5) is 0 Å². The molecule has 0 aliphatic heterocycles. The molecule has 1 aliphatic rings. The number of aliphatic hydroxyl groups excluding tert-OH is 1. The van der Waals surface area contributed by atoms with Gasteiger partial charge in [0.1, 0.15) is 0 Å². The third kappa shape index (κ3) is 4.45. The maximum Gasteiger partial charge on any atom is 0.224 e. The van der Waals surface area contributed by atoms with Crippen molar-refractivity contribution in [3.63, 3.8) is 0 Å². The van der Waals surface area contributed by atoms with E-state index < -0.39 is 0 Å². The van der Waals surface area contributed by atoms with Crippen LogP contribution in [-0.2, 0) is 4.79 Å². The second-order valence-electron chi connectivity index (χ2n) is 5.27. The molecule has 0 aromatic carbocycles. The summed E-state index contributed by atoms with van der Waals surface area (Å²) in [5.74, 6) is -0.161. The fourth-order valence-corrected chi connectivity index (χ4v) is 2.16. The van der Waals surface area contributed by atoms with E-state index in [0.717, 1.165) is 25.7 Å². The first kappa shape index (κ1) is 16.7. The zero-order valence-electron chi connectivity index (χ0n) is 10.7. The standard InChI is InChI=1S/C12H24N2O2.ClH/c1-9(7-13)11(16)14-8-12(2)6-4-3-5-10(12)15;/h9-10,15H,3-8,13H2,1-2H3,(H,14,16);1H. The lowest BCUT2D eigenvalue weighted by Gasteiger charge is -2.38. The average Bonchev–Trinajstić information content (AvgIpc) is 2.29. The maximum absolute atomic E-state index is 11.6. The molecular weight excluding hydrogens is 240 g/mol. The van der Waals surface area contributed by atoms with E-state index in [4.69, 9.17) is 5.73 Å². The minimum Gasteiger partial charge on any atom is -0.392 e. The SMILES string of the molecule is CC(CN)C(=O)NCC1(C)CCCCC1O.Cl. The van der Waals surface area contributed by atoms with Crippen LogP contribution in [0.15, 0.2) is 0 Å². The van der Waals surface area contributed by atoms with Crippen LogP contribution in [0.5, 0.6) is 0 Å². The number of hydrogen-bond acceptors (Lipinski definition) is 3. The van der Waals surface area contributed by atoms with Crippen LogP contribution >= 0.6 is 12.4 Å². The summed E-state index contributed by atoms with van der Waals surface area (Å²) in [6, 6.07) is 0. The van der Waals surface area contributed by atoms with Gasteiger partial charge in [-0.1, -0.05) is 26.7 Å². The van der Waals surface area contributed by atoms with Gasteiger partial charge in [-0.3, -0.25) is 4.79 Å². The Morgan fingerprint density at radius 2 is 2.24 bits per heavy atom. The van der Waals surface area contributed by atoms with Crippen LogP contribution in [0.25, 0.3) is 0 Å². The Balaban J connectivity index is 0.00000256. The predicted molar refractivity (Wildman–Crippen MR) is 71.1 cm³/mol. The van der Waals surface area contributed by atoms with Crippen LogP contribution in [0.1, 0.15) is 39.5 Å². The van der Waals surface area contributed by atoms with E-state index >= 15 is 0 Å². The molecule has 17 heavy (non-hydrogen) atoms. The first-order valence-corrected chi connectivity index (χ1v) is 6.15. The van der Waals surface area contributed by atoms with Crippen molar-refractivity contribution in [3.05, 3.63) is 0 Å². The van der Waals surface area contributed by atoms with Gasteiger partial charge in [0.05, 0.1) is 6.10 Å². The third-order valence-corrected chi connectivity index (χ3v) is 3.75. The number of hydrogen-bond donors (Lipinski definition) is 3. The van der Waals surface area contributed by atoms with Gasteiger partial charge < -0.3 is 16.2 Å². The largest absolute Gasteiger partial charge is 0.392 e. The number of nitrogens with two attached hydrogens (primary N) is 1. The molecule has 0 saturated heterocycles. The fourth-order valence-electron chi connectivity index (χ4n) is 2.16. The van der Waals surface area contributed by atoms with Gasteiger partial charge in [-0.25, -0.2) is 0 Å². The van der Waals surface area contributed by atoms with Gasteiger partial charge in [-0.05, 0) is 12.8 Å². The zero-order chi connectivity index (χ0) is 12.2. The van der Waals surface area contributed by atoms with Crippen LogP contribution < -0.4 is 11.1 Å². The molecule has 0 aromatic heterocycles. The normalized spacial score (nSPS) is 30.2. The molecule has 0 aromatic rings. The highest BCUT2D eigenvalue weighted by atomic mass is 35.5. The smallest absolute Gasteiger partial charge is 0.224 e. The van der Waals surface area contributed by atoms with Crippen molar-refractivity contribution in [2.24, 2.45) is 17.1 Å². The van der Waals surface area contributed by atoms with E-state index in [-0.39, 0.29) is 35.8 Å². The Labute approximate surface area is 110 Å². The van der Waals surface area contributed by atoms with Crippen molar-refractivity contribution < 1.29 is 9.90 Å². The fraction of sp³-hybridized carbons (Fsp3) is 0.917. The zero-order valence-corrected chi connectivity index (χ0v) is 11.6. The highest BCUT2D eigenvalue weighted by Gasteiger charge is 2.35. The quantitative estimate of drug-likeness (QED) is 0.711. The van der Waals surface area contributed by atoms with Gasteiger partial charge >= 0.3 is 0 Å². The van der Waals surface area contributed by atoms with E-state index in [0.29, 0.717) is 13.1 Å². The highest BCUT2D eigenvalue weighted by Crippen LogP contribution is 2.35. The molecule has 1 saturated carbocycles. The number of carbonyl (C=O) groups excluding carboxylic acids is 1. The molecule has 0 bridgehead atoms. The molecule has 1 amide bonds. The lowest BCUT2D eigenvalue weighted by Crippen LogP contribution is -2.46. The van der Waals surface area contributed by atoms with Crippen molar-refractivity contribution in [2.75, 3.05) is 13.1 Å². The summed E-state index contributed by atoms with van der Waals surface area (Å²) < 4.78 is 0. The molecule has 3 atom stereocenters. The number of halogens is 1. The molecule has 0 heterocycles. The van der Waals surface area contributed by atoms with Crippen LogP contribution in [0.3, 0.4) is 0 Å². The minimum absolute atomic E-state index is 0. The Bertz CT molecular complexity index is 251. The summed E-state index contributed by atoms with van der Waals surface area (Å²) in [5.41, 5.74) is 5.27. The summed E-state index contributed by atoms with van der Waals surface area (Å²) in [6.07, 6.45) is 3.75. The number of rotatable bonds is 4. The number of carbonyl (C=O) groups is 1. The molecule has 5 heteroatoms. The lowest BCUT2D eigenvalue weighted by atomic mass is 9.73. The highest BCUT2D eigenvalue weighted by molar-refractivity contribution is 5.85. The lowest BCUT2D eigenvalue weighted by molar-refractivity contribution is -0.125. The average molecular weight is 265 g/mol. The molecule has 1 rings (SSSR count). The Kier molecular flexibility index (Phi) is 7.05. The molecule has 102 valence electrons. The van der Waals surface area contributed by atoms with E-state index in [1.54, 1.807) is 0 Å². The van der Waals surface area contributed by atoms with Gasteiger partial charge in [0, 0.05) is 24.4 Å². The second-order valence-corrected chi connectivity index (χ2v) is 5.27. The summed E-state index contributed by atoms with van der Waals surface area (Å²) in [7, 11) is 0. The predicted octanol–water partition coefficient (Wildman–Crippen LogP) is 1.06. The Hall–Kier alpha value is -0.320. The van der Waals surface area contributed by atoms with E-state index in [1.165, 1.54) is 0 Å². The Morgan fingerprint density at radius 1 is 1.59 bits per heavy atom. The van der Waals surface area contributed by atoms with Crippen molar-refractivity contribution in [1.29, 1.82) is 0 Å². The number of amides is 1. The molecule has 3 unspecified atom stereocenters. The number of aliphatic hydroxyl groups is 1. The van der Waals surface area contributed by atoms with Gasteiger partial charge in [-0.15, -0.1) is 12.4 Å². The first-order valence-electron chi connectivity index (χ1n) is 6.15. The monoisotopic (exact) mass is 264 g/mol. The maximum atomic E-state index is 11.6. The summed E-state index contributed by atoms with van der Waals surface area (Å²) in [5, 5.41) is 12.9. The van der Waals surface area contributed by atoms with Crippen LogP contribution in [-0.4, -0.2) is 30.2 Å². The Morgan fingerprint density at radius 3 is 2.76 bits per heavy atom. The molecular formula is C12H25ClN2O2. The molecule has 0 radical (unpaired) electrons. The van der Waals surface area contributed by atoms with Gasteiger partial charge in [-0.2, -0.15) is 0 Å². The van der Waals surface area contributed by atoms with Crippen LogP contribution in [0, 0.1) is 11.3 Å². The summed E-state index contributed by atoms with van der Waals surface area (Å²) >= 11 is 0. The molecule has 1 aliphatic carbocycles. The van der Waals surface area contributed by atoms with E-state index in [1.807, 2.05) is 13.8 Å². The van der Waals surface area contributed by atoms with E-state index in [9.17, 15) is 9.90 Å². The van der Waals surface area contributed by atoms with E-state index in [2.05, 4.69) is 5.32 Å². The molecule has 1 fully saturated rings. The van der Waals surface area contributed by atoms with Crippen molar-refractivity contribution >= 4 is 18.3 Å².